The summed E-state index contributed by atoms with van der Waals surface area (Å²) >= 11 is 0. The second kappa shape index (κ2) is 6.75. The third-order valence-electron chi connectivity index (χ3n) is 5.18. The molecule has 1 heterocycles. The Hall–Kier alpha value is -2.78. The molecule has 27 heavy (non-hydrogen) atoms. The minimum Gasteiger partial charge on any atom is -0.497 e. The third-order valence-corrected chi connectivity index (χ3v) is 5.18. The summed E-state index contributed by atoms with van der Waals surface area (Å²) in [6.45, 7) is 4.17. The minimum atomic E-state index is -0.472. The lowest BCUT2D eigenvalue weighted by molar-refractivity contribution is -0.119. The van der Waals surface area contributed by atoms with Crippen molar-refractivity contribution in [3.63, 3.8) is 0 Å². The van der Waals surface area contributed by atoms with Crippen LogP contribution in [0, 0.1) is 16.7 Å². The SMILES string of the molecule is COc1cccc(C2C(C#N)=C(N)N(N(C)C)C3=C2C(=O)CC(C)(C)C3)c1. The highest BCUT2D eigenvalue weighted by molar-refractivity contribution is 6.00. The molecule has 0 saturated carbocycles. The van der Waals surface area contributed by atoms with Gasteiger partial charge in [-0.2, -0.15) is 5.26 Å². The van der Waals surface area contributed by atoms with Crippen LogP contribution in [-0.4, -0.2) is 37.0 Å². The van der Waals surface area contributed by atoms with E-state index in [0.717, 1.165) is 11.3 Å². The number of benzene rings is 1. The lowest BCUT2D eigenvalue weighted by atomic mass is 9.69. The molecule has 1 aliphatic heterocycles. The Kier molecular flexibility index (Phi) is 4.75. The van der Waals surface area contributed by atoms with E-state index >= 15 is 0 Å². The van der Waals surface area contributed by atoms with Crippen LogP contribution < -0.4 is 10.5 Å². The van der Waals surface area contributed by atoms with Crippen molar-refractivity contribution in [2.45, 2.75) is 32.6 Å². The van der Waals surface area contributed by atoms with Crippen molar-refractivity contribution in [1.29, 1.82) is 5.26 Å². The number of Topliss-reactive ketones (excluding diaryl/α,β-unsaturated/α-hetero) is 1. The molecule has 6 nitrogen and oxygen atoms in total. The predicted octanol–water partition coefficient (Wildman–Crippen LogP) is 2.91. The maximum absolute atomic E-state index is 13.2. The molecule has 1 aromatic rings. The molecule has 1 unspecified atom stereocenters. The summed E-state index contributed by atoms with van der Waals surface area (Å²) in [6.07, 6.45) is 1.16. The van der Waals surface area contributed by atoms with Gasteiger partial charge in [0.1, 0.15) is 11.6 Å². The molecular weight excluding hydrogens is 340 g/mol. The van der Waals surface area contributed by atoms with Gasteiger partial charge in [0.2, 0.25) is 0 Å². The number of carbonyl (C=O) groups excluding carboxylic acids is 1. The molecule has 1 aromatic carbocycles. The van der Waals surface area contributed by atoms with Crippen molar-refractivity contribution in [2.75, 3.05) is 21.2 Å². The number of methoxy groups -OCH3 is 1. The second-order valence-electron chi connectivity index (χ2n) is 8.08. The molecule has 142 valence electrons. The van der Waals surface area contributed by atoms with Crippen LogP contribution in [-0.2, 0) is 4.79 Å². The third kappa shape index (κ3) is 3.19. The van der Waals surface area contributed by atoms with E-state index in [2.05, 4.69) is 19.9 Å². The van der Waals surface area contributed by atoms with Crippen LogP contribution in [0.1, 0.15) is 38.2 Å². The summed E-state index contributed by atoms with van der Waals surface area (Å²) in [5.74, 6) is 0.657. The minimum absolute atomic E-state index is 0.0705. The number of carbonyl (C=O) groups is 1. The topological polar surface area (TPSA) is 82.6 Å². The van der Waals surface area contributed by atoms with E-state index < -0.39 is 5.92 Å². The molecule has 0 fully saturated rings. The molecule has 0 spiro atoms. The van der Waals surface area contributed by atoms with Crippen molar-refractivity contribution >= 4 is 5.78 Å². The van der Waals surface area contributed by atoms with Gasteiger partial charge in [0.15, 0.2) is 5.78 Å². The number of ketones is 1. The summed E-state index contributed by atoms with van der Waals surface area (Å²) < 4.78 is 5.35. The summed E-state index contributed by atoms with van der Waals surface area (Å²) in [7, 11) is 5.33. The molecule has 1 atom stereocenters. The van der Waals surface area contributed by atoms with E-state index in [-0.39, 0.29) is 11.2 Å². The number of nitrogens with two attached hydrogens (primary N) is 1. The lowest BCUT2D eigenvalue weighted by Crippen LogP contribution is -2.47. The smallest absolute Gasteiger partial charge is 0.162 e. The molecule has 0 saturated heterocycles. The molecule has 1 aliphatic carbocycles. The maximum Gasteiger partial charge on any atom is 0.162 e. The molecule has 6 heteroatoms. The Morgan fingerprint density at radius 3 is 2.63 bits per heavy atom. The molecule has 0 aromatic heterocycles. The van der Waals surface area contributed by atoms with Gasteiger partial charge in [0.25, 0.3) is 0 Å². The van der Waals surface area contributed by atoms with Gasteiger partial charge in [0, 0.05) is 31.8 Å². The molecule has 0 amide bonds. The fourth-order valence-corrected chi connectivity index (χ4v) is 4.10. The average molecular weight is 366 g/mol. The summed E-state index contributed by atoms with van der Waals surface area (Å²) in [6, 6.07) is 9.76. The van der Waals surface area contributed by atoms with Gasteiger partial charge in [0.05, 0.1) is 24.7 Å². The van der Waals surface area contributed by atoms with Crippen molar-refractivity contribution in [3.8, 4) is 11.8 Å². The lowest BCUT2D eigenvalue weighted by Gasteiger charge is -2.45. The highest BCUT2D eigenvalue weighted by atomic mass is 16.5. The predicted molar refractivity (Wildman–Crippen MR) is 103 cm³/mol. The zero-order valence-corrected chi connectivity index (χ0v) is 16.5. The molecule has 3 rings (SSSR count). The molecule has 0 bridgehead atoms. The monoisotopic (exact) mass is 366 g/mol. The number of rotatable bonds is 3. The first kappa shape index (κ1) is 19.0. The number of nitriles is 1. The van der Waals surface area contributed by atoms with Gasteiger partial charge >= 0.3 is 0 Å². The quantitative estimate of drug-likeness (QED) is 0.886. The summed E-state index contributed by atoms with van der Waals surface area (Å²) in [4.78, 5) is 13.2. The highest BCUT2D eigenvalue weighted by Gasteiger charge is 2.44. The van der Waals surface area contributed by atoms with Gasteiger partial charge in [-0.3, -0.25) is 9.80 Å². The van der Waals surface area contributed by atoms with Crippen LogP contribution in [0.4, 0.5) is 0 Å². The Balaban J connectivity index is 2.28. The molecule has 0 radical (unpaired) electrons. The van der Waals surface area contributed by atoms with Gasteiger partial charge in [-0.1, -0.05) is 26.0 Å². The van der Waals surface area contributed by atoms with Crippen LogP contribution >= 0.6 is 0 Å². The number of hydrazine groups is 1. The Bertz CT molecular complexity index is 890. The van der Waals surface area contributed by atoms with E-state index in [4.69, 9.17) is 10.5 Å². The van der Waals surface area contributed by atoms with E-state index in [1.165, 1.54) is 0 Å². The Morgan fingerprint density at radius 1 is 1.33 bits per heavy atom. The van der Waals surface area contributed by atoms with E-state index in [1.54, 1.807) is 7.11 Å². The Morgan fingerprint density at radius 2 is 2.04 bits per heavy atom. The average Bonchev–Trinajstić information content (AvgIpc) is 2.59. The van der Waals surface area contributed by atoms with E-state index in [0.29, 0.717) is 35.6 Å². The molecular formula is C21H26N4O2. The number of hydrogen-bond acceptors (Lipinski definition) is 6. The first-order valence-electron chi connectivity index (χ1n) is 8.97. The van der Waals surface area contributed by atoms with Crippen LogP contribution in [0.15, 0.2) is 46.9 Å². The van der Waals surface area contributed by atoms with Crippen LogP contribution in [0.25, 0.3) is 0 Å². The van der Waals surface area contributed by atoms with Crippen molar-refractivity contribution < 1.29 is 9.53 Å². The van der Waals surface area contributed by atoms with Gasteiger partial charge in [-0.05, 0) is 29.5 Å². The second-order valence-corrected chi connectivity index (χ2v) is 8.08. The number of hydrogen-bond donors (Lipinski definition) is 1. The molecule has 2 N–H and O–H groups in total. The zero-order chi connectivity index (χ0) is 19.9. The van der Waals surface area contributed by atoms with Gasteiger partial charge in [-0.25, -0.2) is 5.01 Å². The maximum atomic E-state index is 13.2. The van der Waals surface area contributed by atoms with Gasteiger partial charge in [-0.15, -0.1) is 0 Å². The first-order valence-corrected chi connectivity index (χ1v) is 8.97. The largest absolute Gasteiger partial charge is 0.497 e. The van der Waals surface area contributed by atoms with Crippen molar-refractivity contribution in [2.24, 2.45) is 11.1 Å². The van der Waals surface area contributed by atoms with E-state index in [1.807, 2.05) is 48.4 Å². The fraction of sp³-hybridized carbons (Fsp3) is 0.429. The van der Waals surface area contributed by atoms with Crippen LogP contribution in [0.2, 0.25) is 0 Å². The zero-order valence-electron chi connectivity index (χ0n) is 16.5. The van der Waals surface area contributed by atoms with Crippen molar-refractivity contribution in [1.82, 2.24) is 10.0 Å². The fourth-order valence-electron chi connectivity index (χ4n) is 4.10. The van der Waals surface area contributed by atoms with Gasteiger partial charge < -0.3 is 10.5 Å². The summed E-state index contributed by atoms with van der Waals surface area (Å²) in [5.41, 5.74) is 9.06. The van der Waals surface area contributed by atoms with E-state index in [9.17, 15) is 10.1 Å². The Labute approximate surface area is 160 Å². The normalized spacial score (nSPS) is 22.0. The number of allylic oxidation sites excluding steroid dienone is 3. The molecule has 2 aliphatic rings. The van der Waals surface area contributed by atoms with Crippen LogP contribution in [0.5, 0.6) is 5.75 Å². The first-order chi connectivity index (χ1) is 12.7. The standard InChI is InChI=1S/C21H26N4O2/c1-21(2)10-16-19(17(26)11-21)18(13-7-6-8-14(9-13)27-5)15(12-22)20(23)25(16)24(3)4/h6-9,18H,10-11,23H2,1-5H3. The summed E-state index contributed by atoms with van der Waals surface area (Å²) in [5, 5.41) is 13.5. The van der Waals surface area contributed by atoms with Crippen LogP contribution in [0.3, 0.4) is 0 Å². The van der Waals surface area contributed by atoms with Crippen molar-refractivity contribution in [3.05, 3.63) is 52.5 Å². The highest BCUT2D eigenvalue weighted by Crippen LogP contribution is 2.49. The number of ether oxygens (including phenoxy) is 1. The number of nitrogens with zero attached hydrogens (tertiary/aromatic N) is 3.